The molecule has 0 fully saturated rings. The van der Waals surface area contributed by atoms with Crippen LogP contribution in [0.5, 0.6) is 5.75 Å². The number of hydrogen-bond acceptors (Lipinski definition) is 3. The smallest absolute Gasteiger partial charge is 0.259 e. The molecule has 0 aliphatic carbocycles. The largest absolute Gasteiger partial charge is 0.488 e. The third-order valence-electron chi connectivity index (χ3n) is 3.91. The highest BCUT2D eigenvalue weighted by Gasteiger charge is 2.11. The molecule has 0 aromatic heterocycles. The maximum absolute atomic E-state index is 13.0. The number of carbonyl (C=O) groups is 1. The lowest BCUT2D eigenvalue weighted by Gasteiger charge is -2.12. The van der Waals surface area contributed by atoms with E-state index in [1.54, 1.807) is 18.2 Å². The summed E-state index contributed by atoms with van der Waals surface area (Å²) in [6.07, 6.45) is 1.44. The zero-order chi connectivity index (χ0) is 18.5. The molecule has 3 aromatic rings. The van der Waals surface area contributed by atoms with Crippen LogP contribution in [0.15, 0.2) is 66.2 Å². The van der Waals surface area contributed by atoms with Crippen LogP contribution in [0.3, 0.4) is 0 Å². The van der Waals surface area contributed by atoms with E-state index in [1.807, 2.05) is 36.4 Å². The summed E-state index contributed by atoms with van der Waals surface area (Å²) < 4.78 is 18.9. The average Bonchev–Trinajstić information content (AvgIpc) is 2.65. The van der Waals surface area contributed by atoms with Crippen LogP contribution in [-0.2, 0) is 11.4 Å². The van der Waals surface area contributed by atoms with Gasteiger partial charge < -0.3 is 10.5 Å². The Bertz CT molecular complexity index is 1030. The van der Waals surface area contributed by atoms with Crippen LogP contribution in [0, 0.1) is 17.1 Å². The fourth-order valence-electron chi connectivity index (χ4n) is 2.59. The van der Waals surface area contributed by atoms with E-state index in [4.69, 9.17) is 15.7 Å². The number of rotatable bonds is 5. The maximum atomic E-state index is 13.0. The van der Waals surface area contributed by atoms with E-state index in [1.165, 1.54) is 18.2 Å². The van der Waals surface area contributed by atoms with Gasteiger partial charge in [0, 0.05) is 5.56 Å². The normalized spacial score (nSPS) is 11.2. The van der Waals surface area contributed by atoms with E-state index in [-0.39, 0.29) is 18.0 Å². The Labute approximate surface area is 149 Å². The molecular formula is C21H15FN2O2. The monoisotopic (exact) mass is 346 g/mol. The van der Waals surface area contributed by atoms with Gasteiger partial charge in [0.05, 0.1) is 0 Å². The summed E-state index contributed by atoms with van der Waals surface area (Å²) in [4.78, 5) is 11.4. The molecule has 3 aromatic carbocycles. The second kappa shape index (κ2) is 7.49. The van der Waals surface area contributed by atoms with Gasteiger partial charge in [-0.3, -0.25) is 4.79 Å². The van der Waals surface area contributed by atoms with E-state index in [0.29, 0.717) is 11.3 Å². The minimum absolute atomic E-state index is 0.159. The van der Waals surface area contributed by atoms with Crippen molar-refractivity contribution in [3.05, 3.63) is 83.2 Å². The van der Waals surface area contributed by atoms with Gasteiger partial charge in [0.15, 0.2) is 0 Å². The molecule has 26 heavy (non-hydrogen) atoms. The number of hydrogen-bond donors (Lipinski definition) is 1. The molecule has 4 nitrogen and oxygen atoms in total. The zero-order valence-electron chi connectivity index (χ0n) is 13.8. The van der Waals surface area contributed by atoms with E-state index in [0.717, 1.165) is 16.3 Å². The van der Waals surface area contributed by atoms with Crippen LogP contribution in [-0.4, -0.2) is 5.91 Å². The van der Waals surface area contributed by atoms with Crippen molar-refractivity contribution in [2.45, 2.75) is 6.61 Å². The van der Waals surface area contributed by atoms with E-state index >= 15 is 0 Å². The van der Waals surface area contributed by atoms with E-state index in [9.17, 15) is 9.18 Å². The molecule has 0 aliphatic heterocycles. The van der Waals surface area contributed by atoms with Crippen molar-refractivity contribution in [3.8, 4) is 11.8 Å². The molecule has 3 rings (SSSR count). The van der Waals surface area contributed by atoms with Gasteiger partial charge in [-0.05, 0) is 40.6 Å². The van der Waals surface area contributed by atoms with Crippen molar-refractivity contribution in [3.63, 3.8) is 0 Å². The number of amides is 1. The quantitative estimate of drug-likeness (QED) is 0.561. The predicted molar refractivity (Wildman–Crippen MR) is 97.5 cm³/mol. The first kappa shape index (κ1) is 17.2. The van der Waals surface area contributed by atoms with E-state index in [2.05, 4.69) is 0 Å². The predicted octanol–water partition coefficient (Wildman–Crippen LogP) is 3.95. The Morgan fingerprint density at radius 1 is 1.12 bits per heavy atom. The molecule has 5 heteroatoms. The first-order valence-electron chi connectivity index (χ1n) is 7.89. The second-order valence-electron chi connectivity index (χ2n) is 5.65. The van der Waals surface area contributed by atoms with Gasteiger partial charge >= 0.3 is 0 Å². The average molecular weight is 346 g/mol. The van der Waals surface area contributed by atoms with Crippen molar-refractivity contribution in [2.75, 3.05) is 0 Å². The number of halogens is 1. The summed E-state index contributed by atoms with van der Waals surface area (Å²) in [5, 5.41) is 10.9. The minimum atomic E-state index is -0.801. The third kappa shape index (κ3) is 3.70. The van der Waals surface area contributed by atoms with Crippen LogP contribution >= 0.6 is 0 Å². The summed E-state index contributed by atoms with van der Waals surface area (Å²) in [5.41, 5.74) is 6.50. The molecule has 128 valence electrons. The van der Waals surface area contributed by atoms with Crippen molar-refractivity contribution < 1.29 is 13.9 Å². The van der Waals surface area contributed by atoms with Crippen LogP contribution in [0.25, 0.3) is 16.8 Å². The second-order valence-corrected chi connectivity index (χ2v) is 5.65. The van der Waals surface area contributed by atoms with Crippen LogP contribution in [0.1, 0.15) is 11.1 Å². The molecule has 0 unspecified atom stereocenters. The molecule has 0 saturated heterocycles. The Balaban J connectivity index is 2.04. The Hall–Kier alpha value is -3.65. The van der Waals surface area contributed by atoms with Crippen LogP contribution in [0.2, 0.25) is 0 Å². The highest BCUT2D eigenvalue weighted by atomic mass is 19.1. The van der Waals surface area contributed by atoms with Gasteiger partial charge in [-0.25, -0.2) is 4.39 Å². The van der Waals surface area contributed by atoms with Crippen molar-refractivity contribution in [1.29, 1.82) is 5.26 Å². The third-order valence-corrected chi connectivity index (χ3v) is 3.91. The standard InChI is InChI=1S/C21H15FN2O2/c22-17-8-5-14(6-9-17)13-26-20-10-7-15-3-1-2-4-18(15)19(20)11-16(12-23)21(24)25/h1-11H,13H2,(H2,24,25)/b16-11+. The van der Waals surface area contributed by atoms with Gasteiger partial charge in [0.2, 0.25) is 0 Å². The molecular weight excluding hydrogens is 331 g/mol. The summed E-state index contributed by atoms with van der Waals surface area (Å²) >= 11 is 0. The SMILES string of the molecule is N#C/C(=C\c1c(OCc2ccc(F)cc2)ccc2ccccc12)C(N)=O. The van der Waals surface area contributed by atoms with Crippen LogP contribution in [0.4, 0.5) is 4.39 Å². The summed E-state index contributed by atoms with van der Waals surface area (Å²) in [6.45, 7) is 0.220. The lowest BCUT2D eigenvalue weighted by atomic mass is 10.0. The summed E-state index contributed by atoms with van der Waals surface area (Å²) in [5.74, 6) is -0.616. The first-order valence-corrected chi connectivity index (χ1v) is 7.89. The lowest BCUT2D eigenvalue weighted by molar-refractivity contribution is -0.114. The molecule has 0 saturated carbocycles. The Morgan fingerprint density at radius 2 is 1.85 bits per heavy atom. The molecule has 0 aliphatic rings. The lowest BCUT2D eigenvalue weighted by Crippen LogP contribution is -2.12. The highest BCUT2D eigenvalue weighted by molar-refractivity contribution is 6.04. The van der Waals surface area contributed by atoms with Gasteiger partial charge in [-0.2, -0.15) is 5.26 Å². The number of nitrogens with zero attached hydrogens (tertiary/aromatic N) is 1. The van der Waals surface area contributed by atoms with Crippen LogP contribution < -0.4 is 10.5 Å². The highest BCUT2D eigenvalue weighted by Crippen LogP contribution is 2.31. The Kier molecular flexibility index (Phi) is 4.95. The van der Waals surface area contributed by atoms with Crippen molar-refractivity contribution >= 4 is 22.8 Å². The Morgan fingerprint density at radius 3 is 2.54 bits per heavy atom. The van der Waals surface area contributed by atoms with Crippen molar-refractivity contribution in [2.24, 2.45) is 5.73 Å². The topological polar surface area (TPSA) is 76.1 Å². The zero-order valence-corrected chi connectivity index (χ0v) is 13.8. The summed E-state index contributed by atoms with van der Waals surface area (Å²) in [7, 11) is 0. The molecule has 0 atom stereocenters. The molecule has 0 bridgehead atoms. The fourth-order valence-corrected chi connectivity index (χ4v) is 2.59. The van der Waals surface area contributed by atoms with Gasteiger partial charge in [0.1, 0.15) is 29.8 Å². The van der Waals surface area contributed by atoms with E-state index < -0.39 is 5.91 Å². The van der Waals surface area contributed by atoms with Gasteiger partial charge in [-0.1, -0.05) is 42.5 Å². The minimum Gasteiger partial charge on any atom is -0.488 e. The molecule has 0 heterocycles. The number of ether oxygens (including phenoxy) is 1. The maximum Gasteiger partial charge on any atom is 0.259 e. The summed E-state index contributed by atoms with van der Waals surface area (Å²) in [6, 6.07) is 19.0. The first-order chi connectivity index (χ1) is 12.6. The van der Waals surface area contributed by atoms with Crippen molar-refractivity contribution in [1.82, 2.24) is 0 Å². The number of nitriles is 1. The number of nitrogens with two attached hydrogens (primary N) is 1. The van der Waals surface area contributed by atoms with Gasteiger partial charge in [-0.15, -0.1) is 0 Å². The number of benzene rings is 3. The molecule has 0 spiro atoms. The number of fused-ring (bicyclic) bond motifs is 1. The number of carbonyl (C=O) groups excluding carboxylic acids is 1. The van der Waals surface area contributed by atoms with Gasteiger partial charge in [0.25, 0.3) is 5.91 Å². The molecule has 0 radical (unpaired) electrons. The fraction of sp³-hybridized carbons (Fsp3) is 0.0476. The molecule has 1 amide bonds. The molecule has 2 N–H and O–H groups in total. The number of primary amides is 1.